The zero-order chi connectivity index (χ0) is 18.7. The van der Waals surface area contributed by atoms with E-state index in [2.05, 4.69) is 17.0 Å². The molecular weight excluding hydrogens is 336 g/mol. The number of piperidine rings is 1. The number of fused-ring (bicyclic) bond motifs is 1. The van der Waals surface area contributed by atoms with Crippen LogP contribution in [0, 0.1) is 0 Å². The first-order valence-electron chi connectivity index (χ1n) is 10.0. The number of anilines is 1. The van der Waals surface area contributed by atoms with E-state index in [-0.39, 0.29) is 5.91 Å². The van der Waals surface area contributed by atoms with Gasteiger partial charge in [0.1, 0.15) is 0 Å². The van der Waals surface area contributed by atoms with Gasteiger partial charge in [-0.1, -0.05) is 55.0 Å². The summed E-state index contributed by atoms with van der Waals surface area (Å²) in [5.41, 5.74) is 2.16. The highest BCUT2D eigenvalue weighted by atomic mass is 16.5. The van der Waals surface area contributed by atoms with Gasteiger partial charge in [-0.2, -0.15) is 0 Å². The highest BCUT2D eigenvalue weighted by Gasteiger charge is 2.48. The third-order valence-corrected chi connectivity index (χ3v) is 5.79. The van der Waals surface area contributed by atoms with Gasteiger partial charge in [0, 0.05) is 12.1 Å². The van der Waals surface area contributed by atoms with Crippen molar-refractivity contribution in [1.82, 2.24) is 4.90 Å². The third kappa shape index (κ3) is 3.64. The Hall–Kier alpha value is -2.17. The second-order valence-electron chi connectivity index (χ2n) is 7.68. The smallest absolute Gasteiger partial charge is 0.263 e. The van der Waals surface area contributed by atoms with Crippen molar-refractivity contribution in [3.05, 3.63) is 65.7 Å². The predicted octanol–water partition coefficient (Wildman–Crippen LogP) is 3.95. The number of nitrogens with zero attached hydrogens (tertiary/aromatic N) is 2. The Labute approximate surface area is 161 Å². The van der Waals surface area contributed by atoms with Crippen LogP contribution in [0.5, 0.6) is 0 Å². The van der Waals surface area contributed by atoms with Crippen LogP contribution in [0.1, 0.15) is 37.3 Å². The molecule has 0 spiro atoms. The minimum atomic E-state index is -0.902. The van der Waals surface area contributed by atoms with Crippen molar-refractivity contribution in [3.63, 3.8) is 0 Å². The van der Waals surface area contributed by atoms with Crippen LogP contribution in [0.15, 0.2) is 54.6 Å². The van der Waals surface area contributed by atoms with Crippen LogP contribution < -0.4 is 4.90 Å². The van der Waals surface area contributed by atoms with Gasteiger partial charge in [-0.15, -0.1) is 0 Å². The molecular formula is C23H28N2O2. The molecule has 0 saturated carbocycles. The molecule has 142 valence electrons. The van der Waals surface area contributed by atoms with Gasteiger partial charge in [-0.3, -0.25) is 4.79 Å². The fourth-order valence-corrected chi connectivity index (χ4v) is 4.22. The molecule has 4 nitrogen and oxygen atoms in total. The van der Waals surface area contributed by atoms with E-state index in [1.807, 2.05) is 54.3 Å². The molecule has 0 bridgehead atoms. The van der Waals surface area contributed by atoms with Crippen molar-refractivity contribution in [1.29, 1.82) is 0 Å². The van der Waals surface area contributed by atoms with Gasteiger partial charge in [0.05, 0.1) is 18.8 Å². The van der Waals surface area contributed by atoms with Gasteiger partial charge in [0.25, 0.3) is 5.91 Å². The fourth-order valence-electron chi connectivity index (χ4n) is 4.22. The van der Waals surface area contributed by atoms with E-state index in [1.54, 1.807) is 0 Å². The first-order chi connectivity index (χ1) is 13.2. The highest BCUT2D eigenvalue weighted by molar-refractivity contribution is 6.06. The lowest BCUT2D eigenvalue weighted by Crippen LogP contribution is -2.42. The average molecular weight is 364 g/mol. The number of benzene rings is 2. The minimum Gasteiger partial charge on any atom is -0.359 e. The number of ether oxygens (including phenoxy) is 1. The first-order valence-corrected chi connectivity index (χ1v) is 10.0. The topological polar surface area (TPSA) is 32.8 Å². The lowest BCUT2D eigenvalue weighted by Gasteiger charge is -2.29. The lowest BCUT2D eigenvalue weighted by atomic mass is 9.97. The number of carbonyl (C=O) groups excluding carboxylic acids is 1. The van der Waals surface area contributed by atoms with Crippen molar-refractivity contribution in [2.24, 2.45) is 0 Å². The van der Waals surface area contributed by atoms with Crippen molar-refractivity contribution in [3.8, 4) is 0 Å². The molecule has 1 saturated heterocycles. The maximum Gasteiger partial charge on any atom is 0.263 e. The van der Waals surface area contributed by atoms with E-state index in [0.717, 1.165) is 36.4 Å². The molecule has 2 aliphatic rings. The van der Waals surface area contributed by atoms with Gasteiger partial charge in [-0.25, -0.2) is 0 Å². The number of rotatable bonds is 6. The van der Waals surface area contributed by atoms with Crippen LogP contribution in [-0.2, 0) is 21.7 Å². The van der Waals surface area contributed by atoms with Gasteiger partial charge >= 0.3 is 0 Å². The quantitative estimate of drug-likeness (QED) is 0.778. The number of hydrogen-bond donors (Lipinski definition) is 0. The van der Waals surface area contributed by atoms with Gasteiger partial charge in [0.15, 0.2) is 5.60 Å². The molecule has 0 aromatic heterocycles. The summed E-state index contributed by atoms with van der Waals surface area (Å²) in [6, 6.07) is 18.2. The highest BCUT2D eigenvalue weighted by Crippen LogP contribution is 2.43. The predicted molar refractivity (Wildman–Crippen MR) is 108 cm³/mol. The molecule has 1 fully saturated rings. The molecule has 0 radical (unpaired) electrons. The second-order valence-corrected chi connectivity index (χ2v) is 7.68. The van der Waals surface area contributed by atoms with E-state index in [4.69, 9.17) is 4.74 Å². The SMILES string of the molecule is CC1(OCCN2CCCCC2)C(=O)N(Cc2ccccc2)c2ccccc21. The van der Waals surface area contributed by atoms with E-state index in [1.165, 1.54) is 19.3 Å². The number of carbonyl (C=O) groups is 1. The van der Waals surface area contributed by atoms with Crippen LogP contribution in [0.3, 0.4) is 0 Å². The Morgan fingerprint density at radius 2 is 1.67 bits per heavy atom. The van der Waals surface area contributed by atoms with Crippen LogP contribution in [0.4, 0.5) is 5.69 Å². The zero-order valence-electron chi connectivity index (χ0n) is 16.1. The molecule has 2 aromatic carbocycles. The van der Waals surface area contributed by atoms with Crippen molar-refractivity contribution in [2.45, 2.75) is 38.3 Å². The normalized spacial score (nSPS) is 22.9. The second kappa shape index (κ2) is 7.83. The molecule has 2 heterocycles. The number of likely N-dealkylation sites (tertiary alicyclic amines) is 1. The Morgan fingerprint density at radius 3 is 2.44 bits per heavy atom. The van der Waals surface area contributed by atoms with E-state index in [0.29, 0.717) is 13.2 Å². The molecule has 0 N–H and O–H groups in total. The summed E-state index contributed by atoms with van der Waals surface area (Å²) in [5, 5.41) is 0. The average Bonchev–Trinajstić information content (AvgIpc) is 2.92. The molecule has 2 aromatic rings. The first kappa shape index (κ1) is 18.2. The Kier molecular flexibility index (Phi) is 5.28. The Balaban J connectivity index is 1.51. The molecule has 1 unspecified atom stereocenters. The minimum absolute atomic E-state index is 0.0335. The number of hydrogen-bond acceptors (Lipinski definition) is 3. The summed E-state index contributed by atoms with van der Waals surface area (Å²) >= 11 is 0. The lowest BCUT2D eigenvalue weighted by molar-refractivity contribution is -0.142. The van der Waals surface area contributed by atoms with Crippen LogP contribution in [-0.4, -0.2) is 37.0 Å². The summed E-state index contributed by atoms with van der Waals surface area (Å²) in [7, 11) is 0. The standard InChI is InChI=1S/C23H28N2O2/c1-23(27-17-16-24-14-8-3-9-15-24)20-12-6-7-13-21(20)25(22(23)26)18-19-10-4-2-5-11-19/h2,4-7,10-13H,3,8-9,14-18H2,1H3. The zero-order valence-corrected chi connectivity index (χ0v) is 16.1. The van der Waals surface area contributed by atoms with E-state index >= 15 is 0 Å². The molecule has 0 aliphatic carbocycles. The summed E-state index contributed by atoms with van der Waals surface area (Å²) in [6.45, 7) is 6.26. The van der Waals surface area contributed by atoms with Gasteiger partial charge in [0.2, 0.25) is 0 Å². The van der Waals surface area contributed by atoms with Gasteiger partial charge in [-0.05, 0) is 44.5 Å². The molecule has 1 amide bonds. The fraction of sp³-hybridized carbons (Fsp3) is 0.435. The largest absolute Gasteiger partial charge is 0.359 e. The summed E-state index contributed by atoms with van der Waals surface area (Å²) in [4.78, 5) is 17.7. The molecule has 4 rings (SSSR count). The monoisotopic (exact) mass is 364 g/mol. The van der Waals surface area contributed by atoms with Crippen molar-refractivity contribution >= 4 is 11.6 Å². The molecule has 4 heteroatoms. The summed E-state index contributed by atoms with van der Waals surface area (Å²) in [5.74, 6) is 0.0335. The molecule has 27 heavy (non-hydrogen) atoms. The summed E-state index contributed by atoms with van der Waals surface area (Å²) in [6.07, 6.45) is 3.86. The van der Waals surface area contributed by atoms with E-state index in [9.17, 15) is 4.79 Å². The van der Waals surface area contributed by atoms with Crippen molar-refractivity contribution < 1.29 is 9.53 Å². The molecule has 2 aliphatic heterocycles. The van der Waals surface area contributed by atoms with Crippen LogP contribution >= 0.6 is 0 Å². The van der Waals surface area contributed by atoms with Crippen LogP contribution in [0.2, 0.25) is 0 Å². The maximum atomic E-state index is 13.4. The third-order valence-electron chi connectivity index (χ3n) is 5.79. The maximum absolute atomic E-state index is 13.4. The molecule has 1 atom stereocenters. The summed E-state index contributed by atoms with van der Waals surface area (Å²) < 4.78 is 6.27. The Bertz CT molecular complexity index is 786. The van der Waals surface area contributed by atoms with Crippen LogP contribution in [0.25, 0.3) is 0 Å². The number of para-hydroxylation sites is 1. The Morgan fingerprint density at radius 1 is 0.963 bits per heavy atom. The van der Waals surface area contributed by atoms with Crippen molar-refractivity contribution in [2.75, 3.05) is 31.1 Å². The number of amides is 1. The van der Waals surface area contributed by atoms with E-state index < -0.39 is 5.60 Å². The van der Waals surface area contributed by atoms with Gasteiger partial charge < -0.3 is 14.5 Å².